The average Bonchev–Trinajstić information content (AvgIpc) is 3.18. The molecule has 0 bridgehead atoms. The summed E-state index contributed by atoms with van der Waals surface area (Å²) < 4.78 is 11.3. The first-order valence-electron chi connectivity index (χ1n) is 8.50. The molecule has 2 heterocycles. The van der Waals surface area contributed by atoms with E-state index in [-0.39, 0.29) is 12.0 Å². The summed E-state index contributed by atoms with van der Waals surface area (Å²) in [5, 5.41) is 2.85. The molecule has 0 radical (unpaired) electrons. The van der Waals surface area contributed by atoms with Crippen molar-refractivity contribution < 1.29 is 14.3 Å². The lowest BCUT2D eigenvalue weighted by Crippen LogP contribution is -2.20. The molecule has 0 aliphatic carbocycles. The number of hydrogen-bond donors (Lipinski definition) is 1. The van der Waals surface area contributed by atoms with Crippen molar-refractivity contribution in [2.24, 2.45) is 0 Å². The summed E-state index contributed by atoms with van der Waals surface area (Å²) in [6.45, 7) is 1.90. The molecule has 1 aromatic heterocycles. The molecule has 1 amide bonds. The van der Waals surface area contributed by atoms with E-state index < -0.39 is 0 Å². The van der Waals surface area contributed by atoms with Gasteiger partial charge < -0.3 is 14.8 Å². The molecule has 5 nitrogen and oxygen atoms in total. The first-order valence-corrected chi connectivity index (χ1v) is 8.50. The zero-order valence-corrected chi connectivity index (χ0v) is 14.1. The number of aromatic nitrogens is 1. The van der Waals surface area contributed by atoms with Gasteiger partial charge in [-0.3, -0.25) is 9.78 Å². The summed E-state index contributed by atoms with van der Waals surface area (Å²) in [4.78, 5) is 16.0. The summed E-state index contributed by atoms with van der Waals surface area (Å²) in [5.41, 5.74) is 1.77. The summed E-state index contributed by atoms with van der Waals surface area (Å²) >= 11 is 0. The maximum atomic E-state index is 11.8. The highest BCUT2D eigenvalue weighted by molar-refractivity contribution is 5.91. The van der Waals surface area contributed by atoms with Crippen LogP contribution in [0.1, 0.15) is 24.1 Å². The molecule has 1 aliphatic rings. The number of carbonyl (C=O) groups excluding carboxylic acids is 1. The fourth-order valence-corrected chi connectivity index (χ4v) is 2.55. The van der Waals surface area contributed by atoms with Gasteiger partial charge in [0.2, 0.25) is 5.91 Å². The molecule has 0 saturated carbocycles. The van der Waals surface area contributed by atoms with Crippen molar-refractivity contribution in [1.29, 1.82) is 0 Å². The Morgan fingerprint density at radius 3 is 2.88 bits per heavy atom. The van der Waals surface area contributed by atoms with Crippen LogP contribution < -0.4 is 10.1 Å². The number of amides is 1. The Balaban J connectivity index is 1.41. The highest BCUT2D eigenvalue weighted by atomic mass is 16.5. The van der Waals surface area contributed by atoms with E-state index in [4.69, 9.17) is 9.47 Å². The van der Waals surface area contributed by atoms with Gasteiger partial charge in [-0.25, -0.2) is 0 Å². The number of rotatable bonds is 7. The molecule has 1 aliphatic heterocycles. The standard InChI is InChI=1S/C20H22N2O3/c23-20(11-8-17-4-1-2-12-21-17)22-14-16-6-9-18(10-7-16)25-15-19-5-3-13-24-19/h1-2,4,6-12,19H,3,5,13-15H2,(H,22,23)/b11-8+/t19-/m0/s1. The molecule has 0 unspecified atom stereocenters. The van der Waals surface area contributed by atoms with E-state index in [0.717, 1.165) is 36.5 Å². The van der Waals surface area contributed by atoms with Crippen LogP contribution in [0.5, 0.6) is 5.75 Å². The van der Waals surface area contributed by atoms with E-state index in [0.29, 0.717) is 13.2 Å². The highest BCUT2D eigenvalue weighted by Crippen LogP contribution is 2.16. The predicted octanol–water partition coefficient (Wildman–Crippen LogP) is 2.97. The molecule has 5 heteroatoms. The van der Waals surface area contributed by atoms with Crippen LogP contribution in [-0.2, 0) is 16.1 Å². The van der Waals surface area contributed by atoms with Gasteiger partial charge in [0.15, 0.2) is 0 Å². The highest BCUT2D eigenvalue weighted by Gasteiger charge is 2.15. The van der Waals surface area contributed by atoms with Crippen LogP contribution in [0.25, 0.3) is 6.08 Å². The van der Waals surface area contributed by atoms with Crippen molar-refractivity contribution >= 4 is 12.0 Å². The van der Waals surface area contributed by atoms with Crippen LogP contribution in [0, 0.1) is 0 Å². The minimum absolute atomic E-state index is 0.149. The van der Waals surface area contributed by atoms with Crippen molar-refractivity contribution in [2.75, 3.05) is 13.2 Å². The molecule has 0 spiro atoms. The molecule has 1 atom stereocenters. The first-order chi connectivity index (χ1) is 12.3. The lowest BCUT2D eigenvalue weighted by molar-refractivity contribution is -0.116. The Morgan fingerprint density at radius 2 is 2.16 bits per heavy atom. The molecule has 2 aromatic rings. The van der Waals surface area contributed by atoms with E-state index in [1.807, 2.05) is 42.5 Å². The normalized spacial score (nSPS) is 16.9. The number of nitrogens with one attached hydrogen (secondary N) is 1. The zero-order chi connectivity index (χ0) is 17.3. The van der Waals surface area contributed by atoms with E-state index in [1.54, 1.807) is 12.3 Å². The maximum absolute atomic E-state index is 11.8. The second-order valence-corrected chi connectivity index (χ2v) is 5.90. The van der Waals surface area contributed by atoms with Gasteiger partial charge in [0.05, 0.1) is 11.8 Å². The van der Waals surface area contributed by atoms with Crippen molar-refractivity contribution in [3.8, 4) is 5.75 Å². The summed E-state index contributed by atoms with van der Waals surface area (Å²) in [7, 11) is 0. The zero-order valence-electron chi connectivity index (χ0n) is 14.1. The van der Waals surface area contributed by atoms with Crippen LogP contribution in [0.2, 0.25) is 0 Å². The fraction of sp³-hybridized carbons (Fsp3) is 0.300. The molecule has 25 heavy (non-hydrogen) atoms. The molecule has 1 aromatic carbocycles. The smallest absolute Gasteiger partial charge is 0.244 e. The quantitative estimate of drug-likeness (QED) is 0.789. The van der Waals surface area contributed by atoms with Crippen molar-refractivity contribution in [3.63, 3.8) is 0 Å². The molecule has 1 saturated heterocycles. The summed E-state index contributed by atoms with van der Waals surface area (Å²) in [5.74, 6) is 0.671. The van der Waals surface area contributed by atoms with E-state index >= 15 is 0 Å². The number of hydrogen-bond acceptors (Lipinski definition) is 4. The van der Waals surface area contributed by atoms with Gasteiger partial charge in [0, 0.05) is 25.4 Å². The van der Waals surface area contributed by atoms with Crippen LogP contribution in [0.15, 0.2) is 54.7 Å². The first kappa shape index (κ1) is 17.2. The third-order valence-electron chi connectivity index (χ3n) is 3.94. The van der Waals surface area contributed by atoms with E-state index in [1.165, 1.54) is 6.08 Å². The lowest BCUT2D eigenvalue weighted by Gasteiger charge is -2.11. The third-order valence-corrected chi connectivity index (χ3v) is 3.94. The van der Waals surface area contributed by atoms with Crippen LogP contribution in [0.4, 0.5) is 0 Å². The molecule has 1 fully saturated rings. The van der Waals surface area contributed by atoms with Gasteiger partial charge >= 0.3 is 0 Å². The second-order valence-electron chi connectivity index (χ2n) is 5.90. The summed E-state index contributed by atoms with van der Waals surface area (Å²) in [6.07, 6.45) is 7.26. The predicted molar refractivity (Wildman–Crippen MR) is 96.0 cm³/mol. The molecule has 130 valence electrons. The Bertz CT molecular complexity index is 693. The topological polar surface area (TPSA) is 60.5 Å². The Kier molecular flexibility index (Phi) is 6.17. The van der Waals surface area contributed by atoms with E-state index in [9.17, 15) is 4.79 Å². The molecular formula is C20H22N2O3. The van der Waals surface area contributed by atoms with Gasteiger partial charge in [-0.05, 0) is 48.7 Å². The van der Waals surface area contributed by atoms with Gasteiger partial charge in [0.25, 0.3) is 0 Å². The minimum atomic E-state index is -0.149. The van der Waals surface area contributed by atoms with E-state index in [2.05, 4.69) is 10.3 Å². The Morgan fingerprint density at radius 1 is 1.28 bits per heavy atom. The van der Waals surface area contributed by atoms with Crippen molar-refractivity contribution in [2.45, 2.75) is 25.5 Å². The van der Waals surface area contributed by atoms with Crippen LogP contribution in [-0.4, -0.2) is 30.2 Å². The SMILES string of the molecule is O=C(/C=C/c1ccccn1)NCc1ccc(OC[C@@H]2CCCO2)cc1. The number of ether oxygens (including phenoxy) is 2. The Hall–Kier alpha value is -2.66. The fourth-order valence-electron chi connectivity index (χ4n) is 2.55. The number of nitrogens with zero attached hydrogens (tertiary/aromatic N) is 1. The van der Waals surface area contributed by atoms with Crippen LogP contribution >= 0.6 is 0 Å². The second kappa shape index (κ2) is 8.99. The lowest BCUT2D eigenvalue weighted by atomic mass is 10.2. The third kappa shape index (κ3) is 5.72. The molecule has 3 rings (SSSR count). The summed E-state index contributed by atoms with van der Waals surface area (Å²) in [6, 6.07) is 13.3. The van der Waals surface area contributed by atoms with Gasteiger partial charge in [-0.2, -0.15) is 0 Å². The monoisotopic (exact) mass is 338 g/mol. The maximum Gasteiger partial charge on any atom is 0.244 e. The molecular weight excluding hydrogens is 316 g/mol. The number of pyridine rings is 1. The molecule has 1 N–H and O–H groups in total. The largest absolute Gasteiger partial charge is 0.491 e. The van der Waals surface area contributed by atoms with Crippen molar-refractivity contribution in [3.05, 3.63) is 66.0 Å². The number of benzene rings is 1. The average molecular weight is 338 g/mol. The minimum Gasteiger partial charge on any atom is -0.491 e. The van der Waals surface area contributed by atoms with Gasteiger partial charge in [-0.1, -0.05) is 18.2 Å². The van der Waals surface area contributed by atoms with Crippen molar-refractivity contribution in [1.82, 2.24) is 10.3 Å². The Labute approximate surface area is 147 Å². The number of carbonyl (C=O) groups is 1. The van der Waals surface area contributed by atoms with Crippen LogP contribution in [0.3, 0.4) is 0 Å². The van der Waals surface area contributed by atoms with Gasteiger partial charge in [-0.15, -0.1) is 0 Å². The van der Waals surface area contributed by atoms with Gasteiger partial charge in [0.1, 0.15) is 12.4 Å².